The number of pyridine rings is 1. The van der Waals surface area contributed by atoms with Crippen LogP contribution in [-0.4, -0.2) is 90.2 Å². The van der Waals surface area contributed by atoms with Crippen molar-refractivity contribution in [2.45, 2.75) is 75.5 Å². The fourth-order valence-electron chi connectivity index (χ4n) is 6.46. The van der Waals surface area contributed by atoms with Gasteiger partial charge in [0.1, 0.15) is 11.9 Å². The normalized spacial score (nSPS) is 15.8. The molecule has 5 rings (SSSR count). The van der Waals surface area contributed by atoms with Crippen molar-refractivity contribution in [3.8, 4) is 11.5 Å². The number of sulfone groups is 1. The first-order valence-electron chi connectivity index (χ1n) is 18.5. The monoisotopic (exact) mass is 861 g/mol. The number of amides is 2. The van der Waals surface area contributed by atoms with Crippen molar-refractivity contribution in [1.29, 1.82) is 0 Å². The highest BCUT2D eigenvalue weighted by Crippen LogP contribution is 2.44. The first kappa shape index (κ1) is 46.4. The van der Waals surface area contributed by atoms with Gasteiger partial charge in [-0.3, -0.25) is 14.9 Å². The third kappa shape index (κ3) is 10.8. The minimum absolute atomic E-state index is 0.00125. The Morgan fingerprint density at radius 3 is 2.22 bits per heavy atom. The molecule has 1 fully saturated rings. The average molecular weight is 862 g/mol. The number of hydrogen-bond donors (Lipinski definition) is 5. The van der Waals surface area contributed by atoms with Gasteiger partial charge in [0, 0.05) is 29.5 Å². The average Bonchev–Trinajstić information content (AvgIpc) is 3.63. The second kappa shape index (κ2) is 19.2. The van der Waals surface area contributed by atoms with E-state index in [2.05, 4.69) is 15.6 Å². The molecule has 20 heteroatoms. The van der Waals surface area contributed by atoms with Gasteiger partial charge in [0.15, 0.2) is 21.3 Å². The fourth-order valence-corrected chi connectivity index (χ4v) is 7.73. The highest BCUT2D eigenvalue weighted by atomic mass is 32.2. The lowest BCUT2D eigenvalue weighted by Gasteiger charge is -2.33. The van der Waals surface area contributed by atoms with Crippen LogP contribution in [0.5, 0.6) is 11.5 Å². The number of aliphatic carboxylic acids is 2. The smallest absolute Gasteiger partial charge is 0.490 e. The molecule has 3 aromatic carbocycles. The van der Waals surface area contributed by atoms with Crippen molar-refractivity contribution >= 4 is 61.7 Å². The van der Waals surface area contributed by atoms with E-state index in [1.807, 2.05) is 26.8 Å². The van der Waals surface area contributed by atoms with Crippen molar-refractivity contribution in [2.24, 2.45) is 5.92 Å². The van der Waals surface area contributed by atoms with E-state index < -0.39 is 63.2 Å². The number of anilines is 3. The number of fused-ring (bicyclic) bond motifs is 1. The van der Waals surface area contributed by atoms with Crippen molar-refractivity contribution in [3.05, 3.63) is 78.0 Å². The van der Waals surface area contributed by atoms with Crippen LogP contribution in [0.4, 0.5) is 35.2 Å². The van der Waals surface area contributed by atoms with E-state index in [1.165, 1.54) is 44.1 Å². The number of nitrogens with zero attached hydrogens (tertiary/aromatic N) is 2. The quantitative estimate of drug-likeness (QED) is 0.0928. The Balaban J connectivity index is 0.00000104. The van der Waals surface area contributed by atoms with Gasteiger partial charge >= 0.3 is 24.2 Å². The molecule has 1 aromatic heterocycles. The van der Waals surface area contributed by atoms with Crippen molar-refractivity contribution in [3.63, 3.8) is 0 Å². The van der Waals surface area contributed by atoms with E-state index in [4.69, 9.17) is 29.8 Å². The molecule has 2 heterocycles. The van der Waals surface area contributed by atoms with Crippen LogP contribution in [-0.2, 0) is 29.0 Å². The number of carboxylic acid groups (broad SMARTS) is 2. The number of nitrogens with two attached hydrogens (primary N) is 1. The Morgan fingerprint density at radius 2 is 1.63 bits per heavy atom. The second-order valence-corrected chi connectivity index (χ2v) is 16.5. The zero-order valence-corrected chi connectivity index (χ0v) is 34.3. The molecule has 0 radical (unpaired) electrons. The Hall–Kier alpha value is -6.31. The molecule has 0 aliphatic carbocycles. The largest absolute Gasteiger partial charge is 0.490 e. The van der Waals surface area contributed by atoms with Crippen molar-refractivity contribution in [1.82, 2.24) is 9.88 Å². The van der Waals surface area contributed by atoms with Crippen molar-refractivity contribution in [2.75, 3.05) is 36.6 Å². The van der Waals surface area contributed by atoms with Crippen LogP contribution >= 0.6 is 0 Å². The summed E-state index contributed by atoms with van der Waals surface area (Å²) in [6.07, 6.45) is -4.42. The summed E-state index contributed by atoms with van der Waals surface area (Å²) >= 11 is 0. The molecular formula is C40H46F3N5O11S. The predicted octanol–water partition coefficient (Wildman–Crippen LogP) is 6.82. The zero-order valence-electron chi connectivity index (χ0n) is 33.4. The number of carboxylic acids is 2. The summed E-state index contributed by atoms with van der Waals surface area (Å²) in [6, 6.07) is 14.1. The van der Waals surface area contributed by atoms with Gasteiger partial charge in [0.05, 0.1) is 41.9 Å². The molecule has 1 unspecified atom stereocenters. The molecular weight excluding hydrogens is 816 g/mol. The van der Waals surface area contributed by atoms with E-state index in [-0.39, 0.29) is 35.2 Å². The Labute approximate surface area is 343 Å². The van der Waals surface area contributed by atoms with Gasteiger partial charge in [-0.05, 0) is 112 Å². The SMILES string of the molecule is CCOc1cc(C(Nc2ccc3c(N)nccc3c2)C(=O)N2CC[C@H](C(=O)O)[C@@H]2c2cc(NC(=O)OC)ccc2S(=O)(=O)C(C)C)ccc1OC(C)C.O=C(O)C(F)(F)F. The van der Waals surface area contributed by atoms with Crippen molar-refractivity contribution < 1.29 is 65.2 Å². The van der Waals surface area contributed by atoms with Gasteiger partial charge in [0.25, 0.3) is 0 Å². The predicted molar refractivity (Wildman–Crippen MR) is 215 cm³/mol. The van der Waals surface area contributed by atoms with Crippen LogP contribution < -0.4 is 25.8 Å². The fraction of sp³-hybridized carbons (Fsp3) is 0.375. The molecule has 0 saturated carbocycles. The van der Waals surface area contributed by atoms with E-state index in [0.717, 1.165) is 10.8 Å². The number of hydrogen-bond acceptors (Lipinski definition) is 12. The van der Waals surface area contributed by atoms with E-state index >= 15 is 4.79 Å². The molecule has 1 aliphatic heterocycles. The number of carbonyl (C=O) groups excluding carboxylic acids is 2. The standard InChI is InChI=1S/C38H45N5O9S.C2HF3O2/c1-7-51-31-19-24(8-12-30(31)52-21(2)3)33(41-25-9-11-27-23(18-25)14-16-40-35(27)39)36(44)43-17-15-28(37(45)46)34(43)29-20-26(42-38(47)50-6)10-13-32(29)53(48,49)22(4)5;3-2(4,5)1(6)7/h8-14,16,18-22,28,33-34,41H,7,15,17H2,1-6H3,(H2,39,40)(H,42,47)(H,45,46);(H,6,7)/t28-,33?,34+;/m0./s1. The Morgan fingerprint density at radius 1 is 0.967 bits per heavy atom. The molecule has 1 saturated heterocycles. The molecule has 0 bridgehead atoms. The van der Waals surface area contributed by atoms with E-state index in [1.54, 1.807) is 42.6 Å². The number of likely N-dealkylation sites (tertiary alicyclic amines) is 1. The van der Waals surface area contributed by atoms with Crippen LogP contribution in [0.15, 0.2) is 71.8 Å². The van der Waals surface area contributed by atoms with Gasteiger partial charge in [-0.1, -0.05) is 6.07 Å². The summed E-state index contributed by atoms with van der Waals surface area (Å²) in [4.78, 5) is 54.4. The number of aromatic nitrogens is 1. The maximum absolute atomic E-state index is 15.1. The van der Waals surface area contributed by atoms with Crippen LogP contribution in [0.1, 0.15) is 64.3 Å². The maximum Gasteiger partial charge on any atom is 0.490 e. The molecule has 324 valence electrons. The number of nitrogen functional groups attached to an aromatic ring is 1. The lowest BCUT2D eigenvalue weighted by Crippen LogP contribution is -2.40. The van der Waals surface area contributed by atoms with Crippen LogP contribution in [0.2, 0.25) is 0 Å². The van der Waals surface area contributed by atoms with Crippen LogP contribution in [0, 0.1) is 5.92 Å². The highest BCUT2D eigenvalue weighted by Gasteiger charge is 2.46. The molecule has 4 aromatic rings. The zero-order chi connectivity index (χ0) is 44.7. The molecule has 1 aliphatic rings. The van der Waals surface area contributed by atoms with E-state index in [0.29, 0.717) is 35.2 Å². The number of ether oxygens (including phenoxy) is 3. The summed E-state index contributed by atoms with van der Waals surface area (Å²) in [5, 5.41) is 24.1. The van der Waals surface area contributed by atoms with Gasteiger partial charge in [0.2, 0.25) is 5.91 Å². The van der Waals surface area contributed by atoms with Gasteiger partial charge in [-0.15, -0.1) is 0 Å². The minimum atomic E-state index is -5.08. The summed E-state index contributed by atoms with van der Waals surface area (Å²) in [6.45, 7) is 8.95. The Kier molecular flexibility index (Phi) is 14.8. The summed E-state index contributed by atoms with van der Waals surface area (Å²) in [7, 11) is -2.82. The number of methoxy groups -OCH3 is 1. The molecule has 0 spiro atoms. The first-order valence-corrected chi connectivity index (χ1v) is 20.1. The minimum Gasteiger partial charge on any atom is -0.490 e. The molecule has 3 atom stereocenters. The van der Waals surface area contributed by atoms with Crippen LogP contribution in [0.3, 0.4) is 0 Å². The lowest BCUT2D eigenvalue weighted by molar-refractivity contribution is -0.192. The summed E-state index contributed by atoms with van der Waals surface area (Å²) < 4.78 is 75.9. The number of alkyl halides is 3. The third-order valence-corrected chi connectivity index (χ3v) is 11.5. The highest BCUT2D eigenvalue weighted by molar-refractivity contribution is 7.92. The number of benzene rings is 3. The van der Waals surface area contributed by atoms with Gasteiger partial charge in [-0.25, -0.2) is 23.0 Å². The molecule has 2 amide bonds. The van der Waals surface area contributed by atoms with Gasteiger partial charge in [-0.2, -0.15) is 13.2 Å². The lowest BCUT2D eigenvalue weighted by atomic mass is 9.92. The summed E-state index contributed by atoms with van der Waals surface area (Å²) in [5.74, 6) is -4.42. The molecule has 16 nitrogen and oxygen atoms in total. The number of rotatable bonds is 13. The number of carbonyl (C=O) groups is 4. The third-order valence-electron chi connectivity index (χ3n) is 9.24. The van der Waals surface area contributed by atoms with E-state index in [9.17, 15) is 36.3 Å². The molecule has 6 N–H and O–H groups in total. The topological polar surface area (TPSA) is 237 Å². The number of nitrogens with one attached hydrogen (secondary N) is 2. The number of halogens is 3. The summed E-state index contributed by atoms with van der Waals surface area (Å²) in [5.41, 5.74) is 7.37. The maximum atomic E-state index is 15.1. The van der Waals surface area contributed by atoms with Crippen LogP contribution in [0.25, 0.3) is 10.8 Å². The second-order valence-electron chi connectivity index (χ2n) is 14.0. The Bertz CT molecular complexity index is 2340. The molecule has 60 heavy (non-hydrogen) atoms. The first-order chi connectivity index (χ1) is 28.1. The van der Waals surface area contributed by atoms with Gasteiger partial charge < -0.3 is 40.4 Å².